The molecule has 3 heterocycles. The maximum absolute atomic E-state index is 11.9. The van der Waals surface area contributed by atoms with Gasteiger partial charge in [0.25, 0.3) is 0 Å². The Bertz CT molecular complexity index is 652. The molecule has 0 atom stereocenters. The van der Waals surface area contributed by atoms with Crippen molar-refractivity contribution in [3.05, 3.63) is 36.3 Å². The molecule has 4 rings (SSSR count). The Hall–Kier alpha value is -1.92. The van der Waals surface area contributed by atoms with E-state index in [0.29, 0.717) is 12.6 Å². The lowest BCUT2D eigenvalue weighted by Crippen LogP contribution is -2.49. The topological polar surface area (TPSA) is 52.9 Å². The van der Waals surface area contributed by atoms with Gasteiger partial charge in [0, 0.05) is 51.2 Å². The number of amides is 1. The van der Waals surface area contributed by atoms with Crippen molar-refractivity contribution in [1.82, 2.24) is 24.5 Å². The number of hydrogen-bond acceptors (Lipinski definition) is 4. The number of nitrogens with one attached hydrogen (secondary N) is 1. The maximum Gasteiger partial charge on any atom is 0.234 e. The lowest BCUT2D eigenvalue weighted by molar-refractivity contribution is -0.122. The van der Waals surface area contributed by atoms with Crippen LogP contribution in [0.4, 0.5) is 0 Å². The molecule has 23 heavy (non-hydrogen) atoms. The van der Waals surface area contributed by atoms with E-state index in [0.717, 1.165) is 56.9 Å². The van der Waals surface area contributed by atoms with Crippen LogP contribution in [0.1, 0.15) is 18.5 Å². The monoisotopic (exact) mass is 313 g/mol. The molecular weight excluding hydrogens is 290 g/mol. The second-order valence-corrected chi connectivity index (χ2v) is 6.59. The lowest BCUT2D eigenvalue weighted by Gasteiger charge is -2.33. The largest absolute Gasteiger partial charge is 0.352 e. The van der Waals surface area contributed by atoms with E-state index in [-0.39, 0.29) is 5.91 Å². The Morgan fingerprint density at radius 2 is 1.96 bits per heavy atom. The van der Waals surface area contributed by atoms with Gasteiger partial charge in [0.1, 0.15) is 5.65 Å². The number of carbonyl (C=O) groups is 1. The van der Waals surface area contributed by atoms with Gasteiger partial charge in [-0.1, -0.05) is 6.07 Å². The molecule has 2 aromatic rings. The van der Waals surface area contributed by atoms with Crippen LogP contribution in [0, 0.1) is 0 Å². The summed E-state index contributed by atoms with van der Waals surface area (Å²) in [5.74, 6) is 0.182. The second kappa shape index (κ2) is 6.29. The number of imidazole rings is 1. The Labute approximate surface area is 136 Å². The van der Waals surface area contributed by atoms with Gasteiger partial charge in [-0.3, -0.25) is 14.6 Å². The molecular formula is C17H23N5O. The van der Waals surface area contributed by atoms with E-state index in [4.69, 9.17) is 0 Å². The number of rotatable bonds is 5. The van der Waals surface area contributed by atoms with Gasteiger partial charge >= 0.3 is 0 Å². The molecule has 0 bridgehead atoms. The van der Waals surface area contributed by atoms with Crippen LogP contribution in [0.3, 0.4) is 0 Å². The molecule has 6 nitrogen and oxygen atoms in total. The lowest BCUT2D eigenvalue weighted by atomic mass is 10.3. The first-order valence-corrected chi connectivity index (χ1v) is 8.43. The Kier molecular flexibility index (Phi) is 4.01. The third-order valence-corrected chi connectivity index (χ3v) is 4.57. The van der Waals surface area contributed by atoms with Gasteiger partial charge < -0.3 is 9.72 Å². The van der Waals surface area contributed by atoms with Crippen molar-refractivity contribution in [2.24, 2.45) is 0 Å². The molecule has 1 saturated heterocycles. The molecule has 2 fully saturated rings. The summed E-state index contributed by atoms with van der Waals surface area (Å²) in [5, 5.41) is 3.06. The van der Waals surface area contributed by atoms with Crippen molar-refractivity contribution < 1.29 is 4.79 Å². The highest BCUT2D eigenvalue weighted by Gasteiger charge is 2.25. The highest BCUT2D eigenvalue weighted by atomic mass is 16.2. The van der Waals surface area contributed by atoms with Gasteiger partial charge in [0.05, 0.1) is 12.2 Å². The number of carbonyl (C=O) groups excluding carboxylic acids is 1. The molecule has 1 aliphatic carbocycles. The van der Waals surface area contributed by atoms with E-state index >= 15 is 0 Å². The zero-order chi connectivity index (χ0) is 15.6. The Balaban J connectivity index is 1.26. The molecule has 1 amide bonds. The molecule has 122 valence electrons. The summed E-state index contributed by atoms with van der Waals surface area (Å²) >= 11 is 0. The molecule has 0 aromatic carbocycles. The summed E-state index contributed by atoms with van der Waals surface area (Å²) < 4.78 is 2.06. The number of pyridine rings is 1. The smallest absolute Gasteiger partial charge is 0.234 e. The minimum Gasteiger partial charge on any atom is -0.352 e. The van der Waals surface area contributed by atoms with Gasteiger partial charge in [-0.05, 0) is 25.0 Å². The van der Waals surface area contributed by atoms with E-state index < -0.39 is 0 Å². The van der Waals surface area contributed by atoms with Crippen LogP contribution in [-0.4, -0.2) is 63.9 Å². The molecule has 1 aliphatic heterocycles. The highest BCUT2D eigenvalue weighted by Crippen LogP contribution is 2.18. The van der Waals surface area contributed by atoms with Crippen molar-refractivity contribution in [1.29, 1.82) is 0 Å². The molecule has 0 spiro atoms. The van der Waals surface area contributed by atoms with Gasteiger partial charge in [-0.15, -0.1) is 0 Å². The molecule has 0 unspecified atom stereocenters. The molecule has 1 saturated carbocycles. The van der Waals surface area contributed by atoms with Gasteiger partial charge in [0.2, 0.25) is 5.91 Å². The third-order valence-electron chi connectivity index (χ3n) is 4.57. The van der Waals surface area contributed by atoms with E-state index in [1.165, 1.54) is 0 Å². The first kappa shape index (κ1) is 14.7. The van der Waals surface area contributed by atoms with Crippen LogP contribution in [0.5, 0.6) is 0 Å². The summed E-state index contributed by atoms with van der Waals surface area (Å²) in [5.41, 5.74) is 2.11. The average Bonchev–Trinajstić information content (AvgIpc) is 3.25. The number of fused-ring (bicyclic) bond motifs is 1. The van der Waals surface area contributed by atoms with Crippen molar-refractivity contribution in [3.8, 4) is 0 Å². The van der Waals surface area contributed by atoms with Crippen molar-refractivity contribution in [3.63, 3.8) is 0 Å². The molecule has 0 radical (unpaired) electrons. The van der Waals surface area contributed by atoms with E-state index in [9.17, 15) is 4.79 Å². The van der Waals surface area contributed by atoms with Crippen molar-refractivity contribution in [2.75, 3.05) is 32.7 Å². The quantitative estimate of drug-likeness (QED) is 0.884. The predicted molar refractivity (Wildman–Crippen MR) is 88.1 cm³/mol. The minimum atomic E-state index is 0.182. The third kappa shape index (κ3) is 3.71. The first-order valence-electron chi connectivity index (χ1n) is 8.43. The summed E-state index contributed by atoms with van der Waals surface area (Å²) in [7, 11) is 0. The number of aromatic nitrogens is 2. The average molecular weight is 313 g/mol. The van der Waals surface area contributed by atoms with Crippen molar-refractivity contribution >= 4 is 11.6 Å². The summed E-state index contributed by atoms with van der Waals surface area (Å²) in [6, 6.07) is 6.51. The molecule has 2 aromatic heterocycles. The normalized spacial score (nSPS) is 20.0. The van der Waals surface area contributed by atoms with Crippen LogP contribution >= 0.6 is 0 Å². The van der Waals surface area contributed by atoms with E-state index in [2.05, 4.69) is 30.7 Å². The fourth-order valence-corrected chi connectivity index (χ4v) is 3.10. The van der Waals surface area contributed by atoms with Crippen LogP contribution in [0.25, 0.3) is 5.65 Å². The fourth-order valence-electron chi connectivity index (χ4n) is 3.10. The van der Waals surface area contributed by atoms with Gasteiger partial charge in [-0.25, -0.2) is 4.98 Å². The standard InChI is InChI=1S/C17H23N5O/c23-17(19-14-4-5-14)13-21-9-7-20(8-10-21)11-15-12-22-6-2-1-3-16(22)18-15/h1-3,6,12,14H,4-5,7-11,13H2,(H,19,23). The van der Waals surface area contributed by atoms with Gasteiger partial charge in [0.15, 0.2) is 0 Å². The summed E-state index contributed by atoms with van der Waals surface area (Å²) in [4.78, 5) is 21.2. The zero-order valence-corrected chi connectivity index (χ0v) is 13.3. The van der Waals surface area contributed by atoms with Crippen LogP contribution in [0.15, 0.2) is 30.6 Å². The van der Waals surface area contributed by atoms with Crippen LogP contribution in [0.2, 0.25) is 0 Å². The van der Waals surface area contributed by atoms with Crippen molar-refractivity contribution in [2.45, 2.75) is 25.4 Å². The molecule has 6 heteroatoms. The number of hydrogen-bond donors (Lipinski definition) is 1. The Morgan fingerprint density at radius 3 is 2.70 bits per heavy atom. The van der Waals surface area contributed by atoms with Crippen LogP contribution < -0.4 is 5.32 Å². The number of piperazine rings is 1. The SMILES string of the molecule is O=C(CN1CCN(Cc2cn3ccccc3n2)CC1)NC1CC1. The first-order chi connectivity index (χ1) is 11.3. The minimum absolute atomic E-state index is 0.182. The summed E-state index contributed by atoms with van der Waals surface area (Å²) in [6.07, 6.45) is 6.43. The maximum atomic E-state index is 11.9. The molecule has 2 aliphatic rings. The number of nitrogens with zero attached hydrogens (tertiary/aromatic N) is 4. The fraction of sp³-hybridized carbons (Fsp3) is 0.529. The van der Waals surface area contributed by atoms with Crippen LogP contribution in [-0.2, 0) is 11.3 Å². The molecule has 1 N–H and O–H groups in total. The highest BCUT2D eigenvalue weighted by molar-refractivity contribution is 5.78. The zero-order valence-electron chi connectivity index (χ0n) is 13.3. The van der Waals surface area contributed by atoms with E-state index in [1.807, 2.05) is 24.4 Å². The Morgan fingerprint density at radius 1 is 1.17 bits per heavy atom. The summed E-state index contributed by atoms with van der Waals surface area (Å²) in [6.45, 7) is 5.30. The second-order valence-electron chi connectivity index (χ2n) is 6.59. The van der Waals surface area contributed by atoms with Gasteiger partial charge in [-0.2, -0.15) is 0 Å². The predicted octanol–water partition coefficient (Wildman–Crippen LogP) is 0.730. The van der Waals surface area contributed by atoms with E-state index in [1.54, 1.807) is 0 Å².